The SMILES string of the molecule is Cc1ccc(C2SCC2C(=O)O)cc1. The Morgan fingerprint density at radius 3 is 2.50 bits per heavy atom. The van der Waals surface area contributed by atoms with Gasteiger partial charge in [-0.2, -0.15) is 11.8 Å². The first-order chi connectivity index (χ1) is 6.68. The Kier molecular flexibility index (Phi) is 2.50. The largest absolute Gasteiger partial charge is 0.481 e. The van der Waals surface area contributed by atoms with E-state index in [0.717, 1.165) is 11.3 Å². The molecule has 74 valence electrons. The van der Waals surface area contributed by atoms with Crippen LogP contribution in [0.5, 0.6) is 0 Å². The van der Waals surface area contributed by atoms with Gasteiger partial charge in [-0.15, -0.1) is 0 Å². The fourth-order valence-corrected chi connectivity index (χ4v) is 2.76. The summed E-state index contributed by atoms with van der Waals surface area (Å²) in [5, 5.41) is 9.07. The highest BCUT2D eigenvalue weighted by atomic mass is 32.2. The average molecular weight is 208 g/mol. The van der Waals surface area contributed by atoms with Crippen molar-refractivity contribution >= 4 is 17.7 Å². The van der Waals surface area contributed by atoms with Gasteiger partial charge in [0.1, 0.15) is 0 Å². The molecule has 0 aliphatic carbocycles. The van der Waals surface area contributed by atoms with Crippen LogP contribution in [0.1, 0.15) is 16.4 Å². The van der Waals surface area contributed by atoms with Gasteiger partial charge in [0.25, 0.3) is 0 Å². The van der Waals surface area contributed by atoms with E-state index >= 15 is 0 Å². The molecule has 0 radical (unpaired) electrons. The van der Waals surface area contributed by atoms with E-state index in [1.54, 1.807) is 11.8 Å². The lowest BCUT2D eigenvalue weighted by Gasteiger charge is -2.33. The zero-order valence-corrected chi connectivity index (χ0v) is 8.75. The molecule has 2 unspecified atom stereocenters. The number of carboxylic acids is 1. The number of carboxylic acid groups (broad SMARTS) is 1. The van der Waals surface area contributed by atoms with E-state index < -0.39 is 5.97 Å². The highest BCUT2D eigenvalue weighted by molar-refractivity contribution is 8.01. The van der Waals surface area contributed by atoms with Crippen LogP contribution in [-0.2, 0) is 4.79 Å². The van der Waals surface area contributed by atoms with Crippen LogP contribution < -0.4 is 0 Å². The minimum Gasteiger partial charge on any atom is -0.481 e. The second kappa shape index (κ2) is 3.65. The van der Waals surface area contributed by atoms with Crippen molar-refractivity contribution in [3.8, 4) is 0 Å². The third kappa shape index (κ3) is 1.64. The first kappa shape index (κ1) is 9.59. The van der Waals surface area contributed by atoms with Gasteiger partial charge in [0.2, 0.25) is 0 Å². The topological polar surface area (TPSA) is 37.3 Å². The lowest BCUT2D eigenvalue weighted by atomic mass is 9.98. The standard InChI is InChI=1S/C11H12O2S/c1-7-2-4-8(5-3-7)10-9(6-14-10)11(12)13/h2-5,9-10H,6H2,1H3,(H,12,13). The van der Waals surface area contributed by atoms with Crippen LogP contribution in [-0.4, -0.2) is 16.8 Å². The Morgan fingerprint density at radius 1 is 1.43 bits per heavy atom. The summed E-state index contributed by atoms with van der Waals surface area (Å²) < 4.78 is 0. The predicted octanol–water partition coefficient (Wildman–Crippen LogP) is 2.48. The Bertz CT molecular complexity index is 345. The number of hydrogen-bond donors (Lipinski definition) is 1. The van der Waals surface area contributed by atoms with Crippen molar-refractivity contribution in [2.24, 2.45) is 5.92 Å². The Morgan fingerprint density at radius 2 is 2.07 bits per heavy atom. The maximum Gasteiger partial charge on any atom is 0.308 e. The van der Waals surface area contributed by atoms with Gasteiger partial charge in [-0.1, -0.05) is 29.8 Å². The summed E-state index contributed by atoms with van der Waals surface area (Å²) >= 11 is 1.72. The molecule has 2 rings (SSSR count). The molecule has 1 saturated heterocycles. The third-order valence-electron chi connectivity index (χ3n) is 2.54. The van der Waals surface area contributed by atoms with E-state index in [-0.39, 0.29) is 11.2 Å². The number of aliphatic carboxylic acids is 1. The van der Waals surface area contributed by atoms with Crippen molar-refractivity contribution < 1.29 is 9.90 Å². The minimum atomic E-state index is -0.672. The molecule has 0 saturated carbocycles. The Hall–Kier alpha value is -0.960. The molecule has 1 N–H and O–H groups in total. The minimum absolute atomic E-state index is 0.160. The highest BCUT2D eigenvalue weighted by Crippen LogP contribution is 2.47. The quantitative estimate of drug-likeness (QED) is 0.811. The van der Waals surface area contributed by atoms with Crippen LogP contribution >= 0.6 is 11.8 Å². The lowest BCUT2D eigenvalue weighted by Crippen LogP contribution is -2.30. The molecule has 1 aliphatic rings. The van der Waals surface area contributed by atoms with E-state index in [2.05, 4.69) is 0 Å². The van der Waals surface area contributed by atoms with Gasteiger partial charge < -0.3 is 5.11 Å². The van der Waals surface area contributed by atoms with Gasteiger partial charge in [0, 0.05) is 11.0 Å². The van der Waals surface area contributed by atoms with Crippen LogP contribution in [0.15, 0.2) is 24.3 Å². The van der Waals surface area contributed by atoms with Crippen molar-refractivity contribution in [2.45, 2.75) is 12.2 Å². The van der Waals surface area contributed by atoms with Crippen molar-refractivity contribution in [1.82, 2.24) is 0 Å². The molecule has 0 amide bonds. The molecule has 1 heterocycles. The lowest BCUT2D eigenvalue weighted by molar-refractivity contribution is -0.141. The maximum absolute atomic E-state index is 10.8. The third-order valence-corrected chi connectivity index (χ3v) is 4.06. The molecule has 1 fully saturated rings. The first-order valence-electron chi connectivity index (χ1n) is 4.59. The molecule has 2 nitrogen and oxygen atoms in total. The van der Waals surface area contributed by atoms with Crippen LogP contribution in [0.25, 0.3) is 0 Å². The fraction of sp³-hybridized carbons (Fsp3) is 0.364. The van der Waals surface area contributed by atoms with Gasteiger partial charge >= 0.3 is 5.97 Å². The number of aryl methyl sites for hydroxylation is 1. The molecular formula is C11H12O2S. The number of hydrogen-bond acceptors (Lipinski definition) is 2. The van der Waals surface area contributed by atoms with Crippen molar-refractivity contribution in [1.29, 1.82) is 0 Å². The van der Waals surface area contributed by atoms with E-state index in [4.69, 9.17) is 5.11 Å². The zero-order valence-electron chi connectivity index (χ0n) is 7.93. The molecule has 3 heteroatoms. The number of carbonyl (C=O) groups is 1. The molecule has 0 bridgehead atoms. The first-order valence-corrected chi connectivity index (χ1v) is 5.64. The summed E-state index contributed by atoms with van der Waals surface area (Å²) in [7, 11) is 0. The van der Waals surface area contributed by atoms with E-state index in [1.807, 2.05) is 31.2 Å². The molecule has 1 aromatic rings. The molecule has 14 heavy (non-hydrogen) atoms. The van der Waals surface area contributed by atoms with Crippen LogP contribution in [0, 0.1) is 12.8 Å². The molecule has 0 aromatic heterocycles. The Balaban J connectivity index is 2.16. The second-order valence-corrected chi connectivity index (χ2v) is 4.78. The molecule has 1 aromatic carbocycles. The Labute approximate surface area is 87.3 Å². The molecule has 0 spiro atoms. The zero-order chi connectivity index (χ0) is 10.1. The van der Waals surface area contributed by atoms with Gasteiger partial charge in [0.15, 0.2) is 0 Å². The van der Waals surface area contributed by atoms with Gasteiger partial charge in [-0.05, 0) is 12.5 Å². The van der Waals surface area contributed by atoms with Gasteiger partial charge in [-0.25, -0.2) is 0 Å². The summed E-state index contributed by atoms with van der Waals surface area (Å²) in [6, 6.07) is 8.13. The second-order valence-electron chi connectivity index (χ2n) is 3.61. The predicted molar refractivity (Wildman–Crippen MR) is 57.5 cm³/mol. The summed E-state index contributed by atoms with van der Waals surface area (Å²) in [6.07, 6.45) is 0. The van der Waals surface area contributed by atoms with Crippen LogP contribution in [0.2, 0.25) is 0 Å². The average Bonchev–Trinajstić information content (AvgIpc) is 2.05. The highest BCUT2D eigenvalue weighted by Gasteiger charge is 2.38. The summed E-state index contributed by atoms with van der Waals surface area (Å²) in [4.78, 5) is 10.8. The summed E-state index contributed by atoms with van der Waals surface area (Å²) in [6.45, 7) is 2.03. The van der Waals surface area contributed by atoms with Gasteiger partial charge in [-0.3, -0.25) is 4.79 Å². The number of rotatable bonds is 2. The van der Waals surface area contributed by atoms with E-state index in [1.165, 1.54) is 5.56 Å². The summed E-state index contributed by atoms with van der Waals surface area (Å²) in [5.41, 5.74) is 2.35. The fourth-order valence-electron chi connectivity index (χ4n) is 1.57. The molecule has 2 atom stereocenters. The van der Waals surface area contributed by atoms with Crippen molar-refractivity contribution in [2.75, 3.05) is 5.75 Å². The molecular weight excluding hydrogens is 196 g/mol. The maximum atomic E-state index is 10.8. The van der Waals surface area contributed by atoms with E-state index in [0.29, 0.717) is 0 Å². The van der Waals surface area contributed by atoms with Gasteiger partial charge in [0.05, 0.1) is 5.92 Å². The monoisotopic (exact) mass is 208 g/mol. The van der Waals surface area contributed by atoms with Crippen LogP contribution in [0.4, 0.5) is 0 Å². The molecule has 1 aliphatic heterocycles. The van der Waals surface area contributed by atoms with Crippen molar-refractivity contribution in [3.05, 3.63) is 35.4 Å². The number of thioether (sulfide) groups is 1. The van der Waals surface area contributed by atoms with Crippen LogP contribution in [0.3, 0.4) is 0 Å². The van der Waals surface area contributed by atoms with E-state index in [9.17, 15) is 4.79 Å². The smallest absolute Gasteiger partial charge is 0.308 e. The number of benzene rings is 1. The normalized spacial score (nSPS) is 25.5. The van der Waals surface area contributed by atoms with Crippen molar-refractivity contribution in [3.63, 3.8) is 0 Å². The summed E-state index contributed by atoms with van der Waals surface area (Å²) in [5.74, 6) is -0.120.